The van der Waals surface area contributed by atoms with Gasteiger partial charge in [0.25, 0.3) is 0 Å². The Kier molecular flexibility index (Phi) is 4.58. The van der Waals surface area contributed by atoms with Crippen molar-refractivity contribution in [1.82, 2.24) is 0 Å². The van der Waals surface area contributed by atoms with Crippen LogP contribution in [0.15, 0.2) is 35.7 Å². The highest BCUT2D eigenvalue weighted by molar-refractivity contribution is 7.10. The number of anilines is 2. The molecule has 0 unspecified atom stereocenters. The van der Waals surface area contributed by atoms with Crippen molar-refractivity contribution in [3.63, 3.8) is 0 Å². The van der Waals surface area contributed by atoms with Crippen LogP contribution in [0, 0.1) is 6.92 Å². The molecule has 0 bridgehead atoms. The fourth-order valence-electron chi connectivity index (χ4n) is 1.72. The molecule has 1 aromatic heterocycles. The first-order valence-corrected chi connectivity index (χ1v) is 7.23. The molecule has 1 amide bonds. The van der Waals surface area contributed by atoms with Gasteiger partial charge in [0, 0.05) is 29.2 Å². The van der Waals surface area contributed by atoms with E-state index in [9.17, 15) is 4.79 Å². The van der Waals surface area contributed by atoms with Gasteiger partial charge in [-0.05, 0) is 42.1 Å². The standard InChI is InChI=1S/C15H18N2OS/c1-3-15(18)17-13-6-4-5-12(9-13)16-10-14-11(2)7-8-19-14/h4-9,16H,3,10H2,1-2H3,(H,17,18). The van der Waals surface area contributed by atoms with E-state index in [4.69, 9.17) is 0 Å². The molecule has 0 radical (unpaired) electrons. The van der Waals surface area contributed by atoms with Crippen molar-refractivity contribution in [2.45, 2.75) is 26.8 Å². The Labute approximate surface area is 117 Å². The van der Waals surface area contributed by atoms with E-state index in [1.807, 2.05) is 31.2 Å². The lowest BCUT2D eigenvalue weighted by Crippen LogP contribution is -2.09. The van der Waals surface area contributed by atoms with Gasteiger partial charge in [0.1, 0.15) is 0 Å². The van der Waals surface area contributed by atoms with Gasteiger partial charge in [-0.2, -0.15) is 0 Å². The third-order valence-electron chi connectivity index (χ3n) is 2.89. The van der Waals surface area contributed by atoms with E-state index in [0.29, 0.717) is 6.42 Å². The molecule has 2 rings (SSSR count). The SMILES string of the molecule is CCC(=O)Nc1cccc(NCc2sccc2C)c1. The van der Waals surface area contributed by atoms with Crippen LogP contribution in [0.25, 0.3) is 0 Å². The zero-order valence-electron chi connectivity index (χ0n) is 11.2. The van der Waals surface area contributed by atoms with Gasteiger partial charge < -0.3 is 10.6 Å². The Hall–Kier alpha value is -1.81. The van der Waals surface area contributed by atoms with E-state index in [1.54, 1.807) is 11.3 Å². The average Bonchev–Trinajstić information content (AvgIpc) is 2.82. The Bertz CT molecular complexity index is 563. The van der Waals surface area contributed by atoms with E-state index in [1.165, 1.54) is 10.4 Å². The summed E-state index contributed by atoms with van der Waals surface area (Å²) in [6.45, 7) is 4.77. The molecule has 1 heterocycles. The number of carbonyl (C=O) groups excluding carboxylic acids is 1. The normalized spacial score (nSPS) is 10.2. The number of thiophene rings is 1. The van der Waals surface area contributed by atoms with E-state index in [2.05, 4.69) is 29.0 Å². The van der Waals surface area contributed by atoms with Crippen LogP contribution in [-0.2, 0) is 11.3 Å². The molecule has 0 saturated heterocycles. The lowest BCUT2D eigenvalue weighted by atomic mass is 10.2. The summed E-state index contributed by atoms with van der Waals surface area (Å²) in [4.78, 5) is 12.7. The van der Waals surface area contributed by atoms with Gasteiger partial charge in [0.15, 0.2) is 0 Å². The van der Waals surface area contributed by atoms with Crippen molar-refractivity contribution in [2.24, 2.45) is 0 Å². The molecule has 0 saturated carbocycles. The van der Waals surface area contributed by atoms with E-state index >= 15 is 0 Å². The summed E-state index contributed by atoms with van der Waals surface area (Å²) in [5.74, 6) is 0.0336. The molecule has 0 aliphatic carbocycles. The minimum atomic E-state index is 0.0336. The van der Waals surface area contributed by atoms with Gasteiger partial charge in [-0.25, -0.2) is 0 Å². The smallest absolute Gasteiger partial charge is 0.224 e. The van der Waals surface area contributed by atoms with Crippen molar-refractivity contribution in [3.05, 3.63) is 46.2 Å². The van der Waals surface area contributed by atoms with Crippen LogP contribution in [0.5, 0.6) is 0 Å². The molecule has 4 heteroatoms. The molecule has 2 aromatic rings. The summed E-state index contributed by atoms with van der Waals surface area (Å²) in [5.41, 5.74) is 3.16. The third-order valence-corrected chi connectivity index (χ3v) is 3.91. The first kappa shape index (κ1) is 13.6. The number of benzene rings is 1. The van der Waals surface area contributed by atoms with Crippen LogP contribution in [0.1, 0.15) is 23.8 Å². The molecule has 0 aliphatic rings. The first-order valence-electron chi connectivity index (χ1n) is 6.36. The monoisotopic (exact) mass is 274 g/mol. The molecule has 2 N–H and O–H groups in total. The first-order chi connectivity index (χ1) is 9.19. The van der Waals surface area contributed by atoms with Gasteiger partial charge in [0.05, 0.1) is 0 Å². The van der Waals surface area contributed by atoms with Crippen LogP contribution in [0.4, 0.5) is 11.4 Å². The maximum absolute atomic E-state index is 11.4. The largest absolute Gasteiger partial charge is 0.380 e. The van der Waals surface area contributed by atoms with Gasteiger partial charge in [-0.3, -0.25) is 4.79 Å². The Morgan fingerprint density at radius 2 is 2.05 bits per heavy atom. The summed E-state index contributed by atoms with van der Waals surface area (Å²) in [5, 5.41) is 8.34. The van der Waals surface area contributed by atoms with Crippen molar-refractivity contribution < 1.29 is 4.79 Å². The third kappa shape index (κ3) is 3.83. The predicted molar refractivity (Wildman–Crippen MR) is 81.7 cm³/mol. The Morgan fingerprint density at radius 1 is 1.26 bits per heavy atom. The molecule has 0 aliphatic heterocycles. The number of nitrogens with one attached hydrogen (secondary N) is 2. The van der Waals surface area contributed by atoms with Crippen LogP contribution in [0.3, 0.4) is 0 Å². The fraction of sp³-hybridized carbons (Fsp3) is 0.267. The highest BCUT2D eigenvalue weighted by Gasteiger charge is 2.02. The number of carbonyl (C=O) groups is 1. The van der Waals surface area contributed by atoms with Gasteiger partial charge >= 0.3 is 0 Å². The molecule has 0 spiro atoms. The van der Waals surface area contributed by atoms with Crippen molar-refractivity contribution in [1.29, 1.82) is 0 Å². The summed E-state index contributed by atoms with van der Waals surface area (Å²) in [7, 11) is 0. The zero-order valence-corrected chi connectivity index (χ0v) is 12.0. The minimum absolute atomic E-state index is 0.0336. The molecule has 19 heavy (non-hydrogen) atoms. The number of rotatable bonds is 5. The summed E-state index contributed by atoms with van der Waals surface area (Å²) >= 11 is 1.76. The quantitative estimate of drug-likeness (QED) is 0.864. The molecule has 100 valence electrons. The van der Waals surface area contributed by atoms with E-state index < -0.39 is 0 Å². The zero-order chi connectivity index (χ0) is 13.7. The van der Waals surface area contributed by atoms with Gasteiger partial charge in [-0.15, -0.1) is 11.3 Å². The Balaban J connectivity index is 1.99. The summed E-state index contributed by atoms with van der Waals surface area (Å²) < 4.78 is 0. The molecule has 0 atom stereocenters. The topological polar surface area (TPSA) is 41.1 Å². The number of hydrogen-bond acceptors (Lipinski definition) is 3. The average molecular weight is 274 g/mol. The second kappa shape index (κ2) is 6.38. The summed E-state index contributed by atoms with van der Waals surface area (Å²) in [6, 6.07) is 9.92. The predicted octanol–water partition coefficient (Wildman–Crippen LogP) is 4.02. The molecule has 0 fully saturated rings. The minimum Gasteiger partial charge on any atom is -0.380 e. The van der Waals surface area contributed by atoms with Gasteiger partial charge in [0.2, 0.25) is 5.91 Å². The van der Waals surface area contributed by atoms with Gasteiger partial charge in [-0.1, -0.05) is 13.0 Å². The van der Waals surface area contributed by atoms with Crippen LogP contribution in [0.2, 0.25) is 0 Å². The number of aryl methyl sites for hydroxylation is 1. The fourth-order valence-corrected chi connectivity index (χ4v) is 2.57. The summed E-state index contributed by atoms with van der Waals surface area (Å²) in [6.07, 6.45) is 0.492. The lowest BCUT2D eigenvalue weighted by molar-refractivity contribution is -0.115. The molecule has 3 nitrogen and oxygen atoms in total. The number of amides is 1. The second-order valence-electron chi connectivity index (χ2n) is 4.36. The van der Waals surface area contributed by atoms with E-state index in [0.717, 1.165) is 17.9 Å². The van der Waals surface area contributed by atoms with Crippen LogP contribution in [-0.4, -0.2) is 5.91 Å². The second-order valence-corrected chi connectivity index (χ2v) is 5.36. The van der Waals surface area contributed by atoms with Crippen molar-refractivity contribution >= 4 is 28.6 Å². The van der Waals surface area contributed by atoms with Crippen LogP contribution >= 0.6 is 11.3 Å². The maximum Gasteiger partial charge on any atom is 0.224 e. The molecular formula is C15H18N2OS. The highest BCUT2D eigenvalue weighted by Crippen LogP contribution is 2.19. The van der Waals surface area contributed by atoms with Crippen molar-refractivity contribution in [3.8, 4) is 0 Å². The Morgan fingerprint density at radius 3 is 2.74 bits per heavy atom. The van der Waals surface area contributed by atoms with E-state index in [-0.39, 0.29) is 5.91 Å². The lowest BCUT2D eigenvalue weighted by Gasteiger charge is -2.09. The number of hydrogen-bond donors (Lipinski definition) is 2. The maximum atomic E-state index is 11.4. The van der Waals surface area contributed by atoms with Crippen molar-refractivity contribution in [2.75, 3.05) is 10.6 Å². The molecular weight excluding hydrogens is 256 g/mol. The molecule has 1 aromatic carbocycles. The van der Waals surface area contributed by atoms with Crippen LogP contribution < -0.4 is 10.6 Å². The highest BCUT2D eigenvalue weighted by atomic mass is 32.1.